The van der Waals surface area contributed by atoms with Gasteiger partial charge in [0.25, 0.3) is 5.91 Å². The predicted octanol–water partition coefficient (Wildman–Crippen LogP) is 3.20. The van der Waals surface area contributed by atoms with Crippen molar-refractivity contribution in [1.29, 1.82) is 0 Å². The first-order chi connectivity index (χ1) is 13.3. The van der Waals surface area contributed by atoms with Crippen LogP contribution in [0.15, 0.2) is 54.7 Å². The molecule has 0 spiro atoms. The Hall–Kier alpha value is -3.06. The number of thiazole rings is 1. The third-order valence-electron chi connectivity index (χ3n) is 4.79. The van der Waals surface area contributed by atoms with Crippen LogP contribution in [0.25, 0.3) is 21.3 Å². The molecule has 1 fully saturated rings. The second kappa shape index (κ2) is 6.59. The van der Waals surface area contributed by atoms with Crippen molar-refractivity contribution >= 4 is 43.6 Å². The molecule has 5 rings (SSSR count). The first-order valence-electron chi connectivity index (χ1n) is 8.89. The highest BCUT2D eigenvalue weighted by Gasteiger charge is 2.25. The molecule has 2 aromatic heterocycles. The van der Waals surface area contributed by atoms with E-state index < -0.39 is 0 Å². The fraction of sp³-hybridized carbons (Fsp3) is 0.200. The fourth-order valence-corrected chi connectivity index (χ4v) is 4.34. The Bertz CT molecular complexity index is 1100. The Morgan fingerprint density at radius 1 is 0.852 bits per heavy atom. The molecule has 2 aromatic carbocycles. The van der Waals surface area contributed by atoms with Crippen molar-refractivity contribution in [3.63, 3.8) is 0 Å². The van der Waals surface area contributed by atoms with E-state index in [4.69, 9.17) is 4.98 Å². The van der Waals surface area contributed by atoms with Crippen molar-refractivity contribution < 1.29 is 4.79 Å². The lowest BCUT2D eigenvalue weighted by Crippen LogP contribution is -2.49. The molecule has 27 heavy (non-hydrogen) atoms. The number of benzene rings is 2. The molecule has 1 saturated heterocycles. The first kappa shape index (κ1) is 16.1. The molecule has 4 aromatic rings. The van der Waals surface area contributed by atoms with E-state index in [0.29, 0.717) is 18.8 Å². The zero-order valence-electron chi connectivity index (χ0n) is 14.6. The fourth-order valence-electron chi connectivity index (χ4n) is 3.32. The van der Waals surface area contributed by atoms with Gasteiger partial charge in [0.05, 0.1) is 27.4 Å². The Kier molecular flexibility index (Phi) is 3.94. The van der Waals surface area contributed by atoms with Crippen LogP contribution in [0.5, 0.6) is 0 Å². The van der Waals surface area contributed by atoms with Crippen molar-refractivity contribution in [2.45, 2.75) is 0 Å². The smallest absolute Gasteiger partial charge is 0.274 e. The van der Waals surface area contributed by atoms with E-state index in [1.165, 1.54) is 4.70 Å². The summed E-state index contributed by atoms with van der Waals surface area (Å²) in [5, 5.41) is 1.02. The van der Waals surface area contributed by atoms with Crippen molar-refractivity contribution in [2.24, 2.45) is 0 Å². The minimum absolute atomic E-state index is 0.0581. The maximum atomic E-state index is 12.8. The molecule has 7 heteroatoms. The molecule has 0 saturated carbocycles. The quantitative estimate of drug-likeness (QED) is 0.538. The van der Waals surface area contributed by atoms with Crippen molar-refractivity contribution in [2.75, 3.05) is 31.1 Å². The molecule has 0 aliphatic carbocycles. The normalized spacial score (nSPS) is 14.8. The van der Waals surface area contributed by atoms with E-state index in [1.807, 2.05) is 47.4 Å². The lowest BCUT2D eigenvalue weighted by atomic mass is 10.2. The van der Waals surface area contributed by atoms with Crippen molar-refractivity contribution in [1.82, 2.24) is 19.9 Å². The number of nitrogens with zero attached hydrogens (tertiary/aromatic N) is 5. The van der Waals surface area contributed by atoms with Gasteiger partial charge in [-0.2, -0.15) is 0 Å². The van der Waals surface area contributed by atoms with Crippen LogP contribution in [0.1, 0.15) is 10.5 Å². The minimum atomic E-state index is -0.0581. The molecule has 0 N–H and O–H groups in total. The Morgan fingerprint density at radius 2 is 1.56 bits per heavy atom. The molecular formula is C20H17N5OS. The summed E-state index contributed by atoms with van der Waals surface area (Å²) in [6.45, 7) is 2.85. The standard InChI is InChI=1S/C20H17N5OS/c26-19(17-13-21-14-5-1-2-6-15(14)22-17)24-9-11-25(12-10-24)20-23-16-7-3-4-8-18(16)27-20/h1-8,13H,9-12H2. The van der Waals surface area contributed by atoms with Crippen LogP contribution in [0.3, 0.4) is 0 Å². The van der Waals surface area contributed by atoms with E-state index in [-0.39, 0.29) is 5.91 Å². The first-order valence-corrected chi connectivity index (χ1v) is 9.71. The topological polar surface area (TPSA) is 62.2 Å². The van der Waals surface area contributed by atoms with E-state index >= 15 is 0 Å². The van der Waals surface area contributed by atoms with Crippen LogP contribution in [-0.2, 0) is 0 Å². The molecular weight excluding hydrogens is 358 g/mol. The highest BCUT2D eigenvalue weighted by Crippen LogP contribution is 2.29. The summed E-state index contributed by atoms with van der Waals surface area (Å²) in [5.74, 6) is -0.0581. The largest absolute Gasteiger partial charge is 0.345 e. The molecule has 1 aliphatic rings. The molecule has 0 atom stereocenters. The van der Waals surface area contributed by atoms with Crippen molar-refractivity contribution in [3.05, 3.63) is 60.4 Å². The minimum Gasteiger partial charge on any atom is -0.345 e. The van der Waals surface area contributed by atoms with Crippen LogP contribution in [-0.4, -0.2) is 51.9 Å². The predicted molar refractivity (Wildman–Crippen MR) is 107 cm³/mol. The third kappa shape index (κ3) is 3.00. The molecule has 0 radical (unpaired) electrons. The zero-order chi connectivity index (χ0) is 18.2. The van der Waals surface area contributed by atoms with Gasteiger partial charge >= 0.3 is 0 Å². The molecule has 1 amide bonds. The number of hydrogen-bond acceptors (Lipinski definition) is 6. The number of para-hydroxylation sites is 3. The maximum absolute atomic E-state index is 12.8. The summed E-state index contributed by atoms with van der Waals surface area (Å²) in [6.07, 6.45) is 1.57. The van der Waals surface area contributed by atoms with E-state index in [1.54, 1.807) is 17.5 Å². The Balaban J connectivity index is 1.31. The number of carbonyl (C=O) groups excluding carboxylic acids is 1. The highest BCUT2D eigenvalue weighted by molar-refractivity contribution is 7.22. The second-order valence-electron chi connectivity index (χ2n) is 6.49. The highest BCUT2D eigenvalue weighted by atomic mass is 32.1. The van der Waals surface area contributed by atoms with Crippen LogP contribution < -0.4 is 4.90 Å². The average molecular weight is 375 g/mol. The number of rotatable bonds is 2. The van der Waals surface area contributed by atoms with Gasteiger partial charge in [-0.1, -0.05) is 35.6 Å². The number of hydrogen-bond donors (Lipinski definition) is 0. The van der Waals surface area contributed by atoms with Gasteiger partial charge in [0.15, 0.2) is 5.13 Å². The summed E-state index contributed by atoms with van der Waals surface area (Å²) in [6, 6.07) is 15.8. The van der Waals surface area contributed by atoms with Crippen molar-refractivity contribution in [3.8, 4) is 0 Å². The summed E-state index contributed by atoms with van der Waals surface area (Å²) < 4.78 is 1.19. The Labute approximate surface area is 160 Å². The molecule has 3 heterocycles. The van der Waals surface area contributed by atoms with E-state index in [9.17, 15) is 4.79 Å². The summed E-state index contributed by atoms with van der Waals surface area (Å²) in [4.78, 5) is 30.5. The molecule has 1 aliphatic heterocycles. The molecule has 134 valence electrons. The molecule has 0 bridgehead atoms. The second-order valence-corrected chi connectivity index (χ2v) is 7.50. The van der Waals surface area contributed by atoms with Gasteiger partial charge < -0.3 is 9.80 Å². The van der Waals surface area contributed by atoms with Crippen LogP contribution >= 0.6 is 11.3 Å². The van der Waals surface area contributed by atoms with E-state index in [0.717, 1.165) is 34.8 Å². The van der Waals surface area contributed by atoms with Gasteiger partial charge in [-0.15, -0.1) is 0 Å². The third-order valence-corrected chi connectivity index (χ3v) is 5.88. The number of anilines is 1. The lowest BCUT2D eigenvalue weighted by Gasteiger charge is -2.34. The van der Waals surface area contributed by atoms with Gasteiger partial charge in [-0.3, -0.25) is 9.78 Å². The maximum Gasteiger partial charge on any atom is 0.274 e. The monoisotopic (exact) mass is 375 g/mol. The summed E-state index contributed by atoms with van der Waals surface area (Å²) >= 11 is 1.70. The van der Waals surface area contributed by atoms with Gasteiger partial charge in [-0.25, -0.2) is 9.97 Å². The summed E-state index contributed by atoms with van der Waals surface area (Å²) in [7, 11) is 0. The van der Waals surface area contributed by atoms with Crippen LogP contribution in [0.4, 0.5) is 5.13 Å². The lowest BCUT2D eigenvalue weighted by molar-refractivity contribution is 0.0741. The van der Waals surface area contributed by atoms with Gasteiger partial charge in [0.2, 0.25) is 0 Å². The van der Waals surface area contributed by atoms with Crippen LogP contribution in [0, 0.1) is 0 Å². The molecule has 0 unspecified atom stereocenters. The number of piperazine rings is 1. The number of carbonyl (C=O) groups is 1. The van der Waals surface area contributed by atoms with E-state index in [2.05, 4.69) is 20.9 Å². The van der Waals surface area contributed by atoms with Gasteiger partial charge in [-0.05, 0) is 24.3 Å². The number of aromatic nitrogens is 3. The van der Waals surface area contributed by atoms with Gasteiger partial charge in [0, 0.05) is 26.2 Å². The van der Waals surface area contributed by atoms with Gasteiger partial charge in [0.1, 0.15) is 5.69 Å². The van der Waals surface area contributed by atoms with Crippen LogP contribution in [0.2, 0.25) is 0 Å². The number of amides is 1. The zero-order valence-corrected chi connectivity index (χ0v) is 15.4. The SMILES string of the molecule is O=C(c1cnc2ccccc2n1)N1CCN(c2nc3ccccc3s2)CC1. The number of fused-ring (bicyclic) bond motifs is 2. The molecule has 6 nitrogen and oxygen atoms in total. The average Bonchev–Trinajstić information content (AvgIpc) is 3.17. The summed E-state index contributed by atoms with van der Waals surface area (Å²) in [5.41, 5.74) is 2.98. The Morgan fingerprint density at radius 3 is 2.33 bits per heavy atom.